The summed E-state index contributed by atoms with van der Waals surface area (Å²) in [5, 5.41) is 14.8. The molecule has 2 saturated heterocycles. The second-order valence-electron chi connectivity index (χ2n) is 9.18. The Hall–Kier alpha value is -3.51. The fraction of sp³-hybridized carbons (Fsp3) is 0.207. The standard InChI is InChI=1S/C29H25N5OS2/c1-33-23-12-5-6-13-24(23)36-28(33)26-27(35)34(18-19-8-3-2-4-9-19)29(37-26)32-22-11-7-10-20(16-30)25(22)21-14-15-31-17-21/h2-13,21,31H,14-15,17-18H2,1H3. The van der Waals surface area contributed by atoms with Gasteiger partial charge in [-0.05, 0) is 54.6 Å². The number of thioether (sulfide) groups is 2. The van der Waals surface area contributed by atoms with Gasteiger partial charge in [0.15, 0.2) is 5.17 Å². The van der Waals surface area contributed by atoms with Gasteiger partial charge in [-0.15, -0.1) is 0 Å². The number of carbonyl (C=O) groups excluding carboxylic acids is 1. The molecule has 0 bridgehead atoms. The maximum absolute atomic E-state index is 13.9. The number of carbonyl (C=O) groups is 1. The van der Waals surface area contributed by atoms with Crippen molar-refractivity contribution in [2.45, 2.75) is 23.8 Å². The number of aliphatic imine (C=N–C) groups is 1. The van der Waals surface area contributed by atoms with Gasteiger partial charge in [-0.3, -0.25) is 9.69 Å². The van der Waals surface area contributed by atoms with Gasteiger partial charge in [0.25, 0.3) is 5.91 Å². The Bertz CT molecular complexity index is 1470. The first-order chi connectivity index (χ1) is 18.1. The van der Waals surface area contributed by atoms with Crippen LogP contribution in [-0.2, 0) is 11.3 Å². The summed E-state index contributed by atoms with van der Waals surface area (Å²) >= 11 is 3.04. The monoisotopic (exact) mass is 523 g/mol. The molecular formula is C29H25N5OS2. The van der Waals surface area contributed by atoms with Gasteiger partial charge >= 0.3 is 0 Å². The van der Waals surface area contributed by atoms with Crippen LogP contribution in [0, 0.1) is 11.3 Å². The Morgan fingerprint density at radius 3 is 2.62 bits per heavy atom. The molecule has 1 unspecified atom stereocenters. The summed E-state index contributed by atoms with van der Waals surface area (Å²) in [4.78, 5) is 24.7. The molecule has 1 amide bonds. The van der Waals surface area contributed by atoms with Crippen molar-refractivity contribution in [2.24, 2.45) is 4.99 Å². The second kappa shape index (κ2) is 10.1. The molecule has 1 atom stereocenters. The Labute approximate surface area is 225 Å². The van der Waals surface area contributed by atoms with Crippen LogP contribution in [0.15, 0.2) is 92.6 Å². The van der Waals surface area contributed by atoms with Crippen LogP contribution in [0.25, 0.3) is 0 Å². The fourth-order valence-electron chi connectivity index (χ4n) is 5.01. The number of amidine groups is 1. The second-order valence-corrected chi connectivity index (χ2v) is 11.2. The number of hydrogen-bond acceptors (Lipinski definition) is 7. The quantitative estimate of drug-likeness (QED) is 0.435. The summed E-state index contributed by atoms with van der Waals surface area (Å²) in [7, 11) is 2.01. The molecule has 3 aliphatic heterocycles. The minimum atomic E-state index is -0.0460. The number of para-hydroxylation sites is 1. The summed E-state index contributed by atoms with van der Waals surface area (Å²) in [5.41, 5.74) is 4.52. The predicted molar refractivity (Wildman–Crippen MR) is 151 cm³/mol. The highest BCUT2D eigenvalue weighted by molar-refractivity contribution is 8.19. The van der Waals surface area contributed by atoms with E-state index in [-0.39, 0.29) is 11.8 Å². The Balaban J connectivity index is 1.45. The first-order valence-electron chi connectivity index (χ1n) is 12.2. The number of rotatable bonds is 4. The van der Waals surface area contributed by atoms with E-state index in [9.17, 15) is 10.1 Å². The summed E-state index contributed by atoms with van der Waals surface area (Å²) in [5.74, 6) is 0.180. The summed E-state index contributed by atoms with van der Waals surface area (Å²) < 4.78 is 0. The summed E-state index contributed by atoms with van der Waals surface area (Å²) in [6, 6.07) is 26.3. The third-order valence-corrected chi connectivity index (χ3v) is 9.30. The molecule has 0 aliphatic carbocycles. The van der Waals surface area contributed by atoms with Crippen molar-refractivity contribution in [2.75, 3.05) is 25.0 Å². The number of nitriles is 1. The first-order valence-corrected chi connectivity index (χ1v) is 13.9. The van der Waals surface area contributed by atoms with Crippen LogP contribution in [0.1, 0.15) is 29.0 Å². The molecule has 6 rings (SSSR count). The molecular weight excluding hydrogens is 498 g/mol. The Morgan fingerprint density at radius 2 is 1.86 bits per heavy atom. The van der Waals surface area contributed by atoms with E-state index in [0.717, 1.165) is 51.9 Å². The maximum atomic E-state index is 13.9. The number of benzene rings is 3. The van der Waals surface area contributed by atoms with Crippen molar-refractivity contribution in [3.8, 4) is 6.07 Å². The SMILES string of the molecule is CN1C(=C2SC(=Nc3cccc(C#N)c3C3CCNC3)N(Cc3ccccc3)C2=O)Sc2ccccc21. The van der Waals surface area contributed by atoms with Crippen molar-refractivity contribution < 1.29 is 4.79 Å². The Kier molecular flexibility index (Phi) is 6.51. The highest BCUT2D eigenvalue weighted by Crippen LogP contribution is 2.50. The van der Waals surface area contributed by atoms with E-state index in [0.29, 0.717) is 22.2 Å². The molecule has 37 heavy (non-hydrogen) atoms. The maximum Gasteiger partial charge on any atom is 0.269 e. The van der Waals surface area contributed by atoms with Gasteiger partial charge in [0.2, 0.25) is 0 Å². The van der Waals surface area contributed by atoms with Crippen LogP contribution in [-0.4, -0.2) is 36.1 Å². The fourth-order valence-corrected chi connectivity index (χ4v) is 7.34. The largest absolute Gasteiger partial charge is 0.337 e. The zero-order valence-electron chi connectivity index (χ0n) is 20.3. The molecule has 0 radical (unpaired) electrons. The minimum absolute atomic E-state index is 0.0460. The van der Waals surface area contributed by atoms with E-state index < -0.39 is 0 Å². The van der Waals surface area contributed by atoms with Crippen LogP contribution in [0.3, 0.4) is 0 Å². The minimum Gasteiger partial charge on any atom is -0.337 e. The number of hydrogen-bond donors (Lipinski definition) is 1. The Morgan fingerprint density at radius 1 is 1.05 bits per heavy atom. The number of nitrogens with one attached hydrogen (secondary N) is 1. The average Bonchev–Trinajstić information content (AvgIpc) is 3.65. The molecule has 2 fully saturated rings. The van der Waals surface area contributed by atoms with Gasteiger partial charge in [-0.1, -0.05) is 60.3 Å². The first kappa shape index (κ1) is 23.9. The van der Waals surface area contributed by atoms with Gasteiger partial charge < -0.3 is 10.2 Å². The van der Waals surface area contributed by atoms with E-state index in [1.54, 1.807) is 16.7 Å². The topological polar surface area (TPSA) is 71.7 Å². The normalized spacial score (nSPS) is 22.1. The molecule has 0 spiro atoms. The van der Waals surface area contributed by atoms with Crippen molar-refractivity contribution in [1.29, 1.82) is 5.26 Å². The average molecular weight is 524 g/mol. The predicted octanol–water partition coefficient (Wildman–Crippen LogP) is 5.81. The van der Waals surface area contributed by atoms with Crippen LogP contribution >= 0.6 is 23.5 Å². The van der Waals surface area contributed by atoms with Crippen molar-refractivity contribution >= 4 is 46.0 Å². The van der Waals surface area contributed by atoms with Gasteiger partial charge in [0, 0.05) is 30.0 Å². The van der Waals surface area contributed by atoms with Crippen LogP contribution in [0.2, 0.25) is 0 Å². The molecule has 3 aromatic carbocycles. The van der Waals surface area contributed by atoms with Crippen LogP contribution in [0.4, 0.5) is 11.4 Å². The van der Waals surface area contributed by atoms with E-state index in [1.807, 2.05) is 67.7 Å². The van der Waals surface area contributed by atoms with E-state index in [1.165, 1.54) is 11.8 Å². The van der Waals surface area contributed by atoms with Gasteiger partial charge in [-0.25, -0.2) is 4.99 Å². The number of anilines is 1. The van der Waals surface area contributed by atoms with Gasteiger partial charge in [0.1, 0.15) is 4.91 Å². The molecule has 3 aromatic rings. The van der Waals surface area contributed by atoms with Crippen molar-refractivity contribution in [3.05, 3.63) is 99.4 Å². The van der Waals surface area contributed by atoms with E-state index >= 15 is 0 Å². The lowest BCUT2D eigenvalue weighted by atomic mass is 9.92. The number of fused-ring (bicyclic) bond motifs is 1. The molecule has 0 saturated carbocycles. The van der Waals surface area contributed by atoms with Crippen LogP contribution < -0.4 is 10.2 Å². The van der Waals surface area contributed by atoms with Crippen LogP contribution in [0.5, 0.6) is 0 Å². The van der Waals surface area contributed by atoms with Crippen molar-refractivity contribution in [3.63, 3.8) is 0 Å². The summed E-state index contributed by atoms with van der Waals surface area (Å²) in [6.07, 6.45) is 0.964. The zero-order valence-corrected chi connectivity index (χ0v) is 22.0. The molecule has 1 N–H and O–H groups in total. The highest BCUT2D eigenvalue weighted by atomic mass is 32.2. The molecule has 3 heterocycles. The number of amides is 1. The van der Waals surface area contributed by atoms with Crippen molar-refractivity contribution in [1.82, 2.24) is 10.2 Å². The number of nitrogens with zero attached hydrogens (tertiary/aromatic N) is 4. The lowest BCUT2D eigenvalue weighted by Gasteiger charge is -2.18. The molecule has 184 valence electrons. The van der Waals surface area contributed by atoms with E-state index in [4.69, 9.17) is 4.99 Å². The van der Waals surface area contributed by atoms with Gasteiger partial charge in [0.05, 0.1) is 34.6 Å². The lowest BCUT2D eigenvalue weighted by molar-refractivity contribution is -0.122. The molecule has 6 nitrogen and oxygen atoms in total. The third kappa shape index (κ3) is 4.44. The lowest BCUT2D eigenvalue weighted by Crippen LogP contribution is -2.29. The smallest absolute Gasteiger partial charge is 0.269 e. The molecule has 3 aliphatic rings. The molecule has 0 aromatic heterocycles. The molecule has 8 heteroatoms. The van der Waals surface area contributed by atoms with Gasteiger partial charge in [-0.2, -0.15) is 5.26 Å². The summed E-state index contributed by atoms with van der Waals surface area (Å²) in [6.45, 7) is 2.18. The van der Waals surface area contributed by atoms with E-state index in [2.05, 4.69) is 28.4 Å². The highest BCUT2D eigenvalue weighted by Gasteiger charge is 2.39. The third-order valence-electron chi connectivity index (χ3n) is 6.87. The zero-order chi connectivity index (χ0) is 25.4.